The van der Waals surface area contributed by atoms with E-state index in [2.05, 4.69) is 48.7 Å². The SMILES string of the molecule is c1cncc(-c2cncc3[nH]c(-c4n[nH]c5ccc(C6CCNCC6)nc45)cc23)c1. The van der Waals surface area contributed by atoms with Gasteiger partial charge >= 0.3 is 0 Å². The fourth-order valence-corrected chi connectivity index (χ4v) is 4.38. The first kappa shape index (κ1) is 17.3. The van der Waals surface area contributed by atoms with Gasteiger partial charge in [0.25, 0.3) is 0 Å². The summed E-state index contributed by atoms with van der Waals surface area (Å²) >= 11 is 0. The van der Waals surface area contributed by atoms with Crippen molar-refractivity contribution in [2.75, 3.05) is 13.1 Å². The van der Waals surface area contributed by atoms with E-state index in [-0.39, 0.29) is 0 Å². The average Bonchev–Trinajstić information content (AvgIpc) is 3.43. The minimum atomic E-state index is 0.502. The summed E-state index contributed by atoms with van der Waals surface area (Å²) in [5.74, 6) is 0.502. The van der Waals surface area contributed by atoms with Gasteiger partial charge in [-0.3, -0.25) is 15.1 Å². The van der Waals surface area contributed by atoms with Gasteiger partial charge < -0.3 is 10.3 Å². The summed E-state index contributed by atoms with van der Waals surface area (Å²) in [6.45, 7) is 2.10. The molecule has 1 fully saturated rings. The van der Waals surface area contributed by atoms with Crippen molar-refractivity contribution in [2.45, 2.75) is 18.8 Å². The summed E-state index contributed by atoms with van der Waals surface area (Å²) in [6.07, 6.45) is 9.62. The van der Waals surface area contributed by atoms with E-state index in [4.69, 9.17) is 4.98 Å². The van der Waals surface area contributed by atoms with Gasteiger partial charge in [-0.1, -0.05) is 6.07 Å². The Bertz CT molecular complexity index is 1330. The summed E-state index contributed by atoms with van der Waals surface area (Å²) in [6, 6.07) is 10.4. The average molecular weight is 395 g/mol. The number of rotatable bonds is 3. The summed E-state index contributed by atoms with van der Waals surface area (Å²) in [5, 5.41) is 12.2. The zero-order valence-corrected chi connectivity index (χ0v) is 16.4. The van der Waals surface area contributed by atoms with Crippen LogP contribution in [0.3, 0.4) is 0 Å². The molecule has 0 aromatic carbocycles. The number of hydrogen-bond acceptors (Lipinski definition) is 5. The summed E-state index contributed by atoms with van der Waals surface area (Å²) in [4.78, 5) is 17.2. The van der Waals surface area contributed by atoms with Crippen molar-refractivity contribution in [2.24, 2.45) is 0 Å². The normalized spacial score (nSPS) is 15.2. The molecule has 0 amide bonds. The number of hydrogen-bond donors (Lipinski definition) is 3. The molecule has 30 heavy (non-hydrogen) atoms. The molecule has 5 aromatic rings. The number of aromatic nitrogens is 6. The highest BCUT2D eigenvalue weighted by Crippen LogP contribution is 2.33. The molecule has 0 aliphatic carbocycles. The third-order valence-electron chi connectivity index (χ3n) is 5.96. The van der Waals surface area contributed by atoms with Gasteiger partial charge in [0.2, 0.25) is 0 Å². The van der Waals surface area contributed by atoms with Crippen LogP contribution >= 0.6 is 0 Å². The van der Waals surface area contributed by atoms with Crippen LogP contribution in [0.4, 0.5) is 0 Å². The molecule has 3 N–H and O–H groups in total. The van der Waals surface area contributed by atoms with Gasteiger partial charge in [0.05, 0.1) is 22.9 Å². The van der Waals surface area contributed by atoms with Crippen LogP contribution in [0.25, 0.3) is 44.5 Å². The molecular weight excluding hydrogens is 374 g/mol. The van der Waals surface area contributed by atoms with Gasteiger partial charge in [0.15, 0.2) is 0 Å². The quantitative estimate of drug-likeness (QED) is 0.429. The second kappa shape index (κ2) is 7.03. The lowest BCUT2D eigenvalue weighted by Gasteiger charge is -2.22. The van der Waals surface area contributed by atoms with Crippen LogP contribution in [-0.2, 0) is 0 Å². The molecule has 7 heteroatoms. The number of aromatic amines is 2. The molecule has 6 rings (SSSR count). The number of pyridine rings is 3. The minimum absolute atomic E-state index is 0.502. The van der Waals surface area contributed by atoms with E-state index in [0.717, 1.165) is 76.1 Å². The Kier molecular flexibility index (Phi) is 4.06. The zero-order valence-electron chi connectivity index (χ0n) is 16.4. The van der Waals surface area contributed by atoms with Gasteiger partial charge in [-0.25, -0.2) is 4.98 Å². The van der Waals surface area contributed by atoms with E-state index in [0.29, 0.717) is 5.92 Å². The molecule has 1 aliphatic heterocycles. The number of fused-ring (bicyclic) bond motifs is 2. The standard InChI is InChI=1S/C23H21N7/c1-2-15(11-25-7-1)17-12-26-13-21-16(17)10-20(27-21)23-22-19(29-30-23)4-3-18(28-22)14-5-8-24-9-6-14/h1-4,7,10-14,24,27H,5-6,8-9H2,(H,29,30). The second-order valence-electron chi connectivity index (χ2n) is 7.80. The number of piperidine rings is 1. The van der Waals surface area contributed by atoms with Crippen LogP contribution in [0.1, 0.15) is 24.5 Å². The Labute approximate surface area is 173 Å². The fraction of sp³-hybridized carbons (Fsp3) is 0.217. The van der Waals surface area contributed by atoms with Crippen molar-refractivity contribution in [1.29, 1.82) is 0 Å². The van der Waals surface area contributed by atoms with E-state index >= 15 is 0 Å². The Morgan fingerprint density at radius 2 is 1.87 bits per heavy atom. The lowest BCUT2D eigenvalue weighted by molar-refractivity contribution is 0.454. The second-order valence-corrected chi connectivity index (χ2v) is 7.80. The summed E-state index contributed by atoms with van der Waals surface area (Å²) in [5.41, 5.74) is 7.85. The van der Waals surface area contributed by atoms with Gasteiger partial charge in [0.1, 0.15) is 11.2 Å². The molecular formula is C23H21N7. The van der Waals surface area contributed by atoms with Crippen LogP contribution in [-0.4, -0.2) is 43.2 Å². The molecule has 0 bridgehead atoms. The molecule has 0 spiro atoms. The highest BCUT2D eigenvalue weighted by Gasteiger charge is 2.19. The van der Waals surface area contributed by atoms with Gasteiger partial charge in [-0.05, 0) is 50.2 Å². The zero-order chi connectivity index (χ0) is 19.9. The van der Waals surface area contributed by atoms with Crippen LogP contribution in [0, 0.1) is 0 Å². The highest BCUT2D eigenvalue weighted by atomic mass is 15.1. The lowest BCUT2D eigenvalue weighted by Crippen LogP contribution is -2.27. The number of H-pyrrole nitrogens is 2. The predicted octanol–water partition coefficient (Wildman–Crippen LogP) is 4.03. The third-order valence-corrected chi connectivity index (χ3v) is 5.96. The first-order valence-corrected chi connectivity index (χ1v) is 10.3. The maximum atomic E-state index is 5.02. The van der Waals surface area contributed by atoms with E-state index in [9.17, 15) is 0 Å². The van der Waals surface area contributed by atoms with Gasteiger partial charge in [-0.2, -0.15) is 5.10 Å². The molecule has 0 radical (unpaired) electrons. The first-order valence-electron chi connectivity index (χ1n) is 10.3. The monoisotopic (exact) mass is 395 g/mol. The molecule has 148 valence electrons. The van der Waals surface area contributed by atoms with Crippen molar-refractivity contribution >= 4 is 21.9 Å². The minimum Gasteiger partial charge on any atom is -0.352 e. The fourth-order valence-electron chi connectivity index (χ4n) is 4.38. The molecule has 0 unspecified atom stereocenters. The van der Waals surface area contributed by atoms with Gasteiger partial charge in [0, 0.05) is 46.7 Å². The first-order chi connectivity index (χ1) is 14.9. The molecule has 7 nitrogen and oxygen atoms in total. The maximum Gasteiger partial charge on any atom is 0.135 e. The van der Waals surface area contributed by atoms with Crippen molar-refractivity contribution < 1.29 is 0 Å². The van der Waals surface area contributed by atoms with E-state index < -0.39 is 0 Å². The molecule has 0 saturated carbocycles. The number of nitrogens with one attached hydrogen (secondary N) is 3. The largest absolute Gasteiger partial charge is 0.352 e. The van der Waals surface area contributed by atoms with Crippen molar-refractivity contribution in [3.05, 3.63) is 60.8 Å². The van der Waals surface area contributed by atoms with Crippen LogP contribution in [0.2, 0.25) is 0 Å². The van der Waals surface area contributed by atoms with E-state index in [1.165, 1.54) is 0 Å². The predicted molar refractivity (Wildman–Crippen MR) is 117 cm³/mol. The van der Waals surface area contributed by atoms with Crippen molar-refractivity contribution in [3.8, 4) is 22.5 Å². The van der Waals surface area contributed by atoms with E-state index in [1.54, 1.807) is 6.20 Å². The molecule has 1 saturated heterocycles. The van der Waals surface area contributed by atoms with Crippen LogP contribution in [0.5, 0.6) is 0 Å². The molecule has 1 aliphatic rings. The highest BCUT2D eigenvalue weighted by molar-refractivity contribution is 5.99. The lowest BCUT2D eigenvalue weighted by atomic mass is 9.94. The summed E-state index contributed by atoms with van der Waals surface area (Å²) in [7, 11) is 0. The Balaban J connectivity index is 1.47. The van der Waals surface area contributed by atoms with Crippen molar-refractivity contribution in [3.63, 3.8) is 0 Å². The van der Waals surface area contributed by atoms with Crippen molar-refractivity contribution in [1.82, 2.24) is 35.5 Å². The van der Waals surface area contributed by atoms with Crippen LogP contribution in [0.15, 0.2) is 55.1 Å². The van der Waals surface area contributed by atoms with Gasteiger partial charge in [-0.15, -0.1) is 0 Å². The maximum absolute atomic E-state index is 5.02. The van der Waals surface area contributed by atoms with E-state index in [1.807, 2.05) is 30.7 Å². The Morgan fingerprint density at radius 3 is 2.73 bits per heavy atom. The Morgan fingerprint density at radius 1 is 0.933 bits per heavy atom. The molecule has 6 heterocycles. The smallest absolute Gasteiger partial charge is 0.135 e. The van der Waals surface area contributed by atoms with Crippen LogP contribution < -0.4 is 5.32 Å². The molecule has 0 atom stereocenters. The summed E-state index contributed by atoms with van der Waals surface area (Å²) < 4.78 is 0. The third kappa shape index (κ3) is 2.86. The Hall–Kier alpha value is -3.58. The topological polar surface area (TPSA) is 95.2 Å². The molecule has 5 aromatic heterocycles. The number of nitrogens with zero attached hydrogens (tertiary/aromatic N) is 4.